The minimum Gasteiger partial charge on any atom is -0.393 e. The van der Waals surface area contributed by atoms with Gasteiger partial charge in [-0.15, -0.1) is 0 Å². The molecule has 4 aliphatic carbocycles. The molecule has 0 saturated heterocycles. The second-order valence-electron chi connectivity index (χ2n) is 13.9. The van der Waals surface area contributed by atoms with E-state index in [2.05, 4.69) is 24.9 Å². The zero-order chi connectivity index (χ0) is 30.3. The summed E-state index contributed by atoms with van der Waals surface area (Å²) < 4.78 is 1.93. The van der Waals surface area contributed by atoms with E-state index >= 15 is 0 Å². The molecule has 0 aliphatic heterocycles. The van der Waals surface area contributed by atoms with Crippen LogP contribution in [0.25, 0.3) is 22.8 Å². The average Bonchev–Trinajstić information content (AvgIpc) is 3.55. The number of allylic oxidation sites excluding steroid dienone is 1. The lowest BCUT2D eigenvalue weighted by molar-refractivity contribution is -0.177. The first-order valence-corrected chi connectivity index (χ1v) is 16.8. The van der Waals surface area contributed by atoms with Crippen molar-refractivity contribution in [3.63, 3.8) is 0 Å². The van der Waals surface area contributed by atoms with E-state index in [-0.39, 0.29) is 34.7 Å². The smallest absolute Gasteiger partial charge is 0.175 e. The Morgan fingerprint density at radius 1 is 1.09 bits per heavy atom. The Morgan fingerprint density at radius 3 is 2.77 bits per heavy atom. The molecule has 8 rings (SSSR count). The van der Waals surface area contributed by atoms with Crippen LogP contribution in [0.1, 0.15) is 57.2 Å². The molecule has 6 unspecified atom stereocenters. The highest BCUT2D eigenvalue weighted by Crippen LogP contribution is 2.67. The topological polar surface area (TPSA) is 101 Å². The second kappa shape index (κ2) is 10.1. The number of para-hydroxylation sites is 1. The van der Waals surface area contributed by atoms with Crippen molar-refractivity contribution in [3.8, 4) is 5.82 Å². The van der Waals surface area contributed by atoms with Crippen LogP contribution in [-0.4, -0.2) is 53.2 Å². The molecule has 1 aromatic carbocycles. The van der Waals surface area contributed by atoms with Crippen molar-refractivity contribution in [2.45, 2.75) is 69.1 Å². The molecule has 4 aromatic rings. The van der Waals surface area contributed by atoms with Gasteiger partial charge in [0.1, 0.15) is 5.60 Å². The zero-order valence-electron chi connectivity index (χ0n) is 25.2. The first-order valence-electron chi connectivity index (χ1n) is 15.8. The van der Waals surface area contributed by atoms with E-state index in [4.69, 9.17) is 10.1 Å². The fourth-order valence-electron chi connectivity index (χ4n) is 9.70. The number of ketones is 1. The maximum absolute atomic E-state index is 13.9. The van der Waals surface area contributed by atoms with Crippen LogP contribution in [0.2, 0.25) is 0 Å². The van der Waals surface area contributed by atoms with Gasteiger partial charge in [0.15, 0.2) is 11.6 Å². The Balaban J connectivity index is 1.04. The third kappa shape index (κ3) is 4.03. The van der Waals surface area contributed by atoms with E-state index in [1.165, 1.54) is 22.9 Å². The van der Waals surface area contributed by atoms with Gasteiger partial charge in [0.05, 0.1) is 34.3 Å². The molecule has 7 atom stereocenters. The van der Waals surface area contributed by atoms with Crippen LogP contribution in [0.4, 0.5) is 0 Å². The van der Waals surface area contributed by atoms with Crippen molar-refractivity contribution >= 4 is 34.5 Å². The molecule has 3 heterocycles. The van der Waals surface area contributed by atoms with Crippen LogP contribution in [0.5, 0.6) is 0 Å². The number of thioether (sulfide) groups is 1. The number of aliphatic hydroxyl groups is 2. The van der Waals surface area contributed by atoms with Crippen LogP contribution in [0.3, 0.4) is 0 Å². The number of carbonyl (C=O) groups excluding carboxylic acids is 1. The minimum absolute atomic E-state index is 0.0700. The third-order valence-electron chi connectivity index (χ3n) is 11.8. The van der Waals surface area contributed by atoms with Crippen molar-refractivity contribution in [2.75, 3.05) is 5.75 Å². The molecule has 3 fully saturated rings. The molecule has 3 saturated carbocycles. The van der Waals surface area contributed by atoms with Gasteiger partial charge in [-0.25, -0.2) is 14.6 Å². The van der Waals surface area contributed by atoms with Crippen LogP contribution in [-0.2, 0) is 11.2 Å². The molecule has 2 N–H and O–H groups in total. The Kier molecular flexibility index (Phi) is 6.46. The summed E-state index contributed by atoms with van der Waals surface area (Å²) >= 11 is 1.40. The highest BCUT2D eigenvalue weighted by atomic mass is 32.2. The molecule has 44 heavy (non-hydrogen) atoms. The van der Waals surface area contributed by atoms with Gasteiger partial charge in [-0.1, -0.05) is 61.5 Å². The minimum atomic E-state index is -1.45. The van der Waals surface area contributed by atoms with E-state index in [1.807, 2.05) is 65.5 Å². The van der Waals surface area contributed by atoms with Gasteiger partial charge in [0, 0.05) is 17.0 Å². The molecule has 0 bridgehead atoms. The molecular formula is C36H38N4O3S. The molecule has 226 valence electrons. The summed E-state index contributed by atoms with van der Waals surface area (Å²) in [5.74, 6) is 1.34. The van der Waals surface area contributed by atoms with Crippen molar-refractivity contribution in [2.24, 2.45) is 28.6 Å². The predicted octanol–water partition coefficient (Wildman–Crippen LogP) is 6.06. The zero-order valence-corrected chi connectivity index (χ0v) is 26.0. The maximum atomic E-state index is 13.9. The number of hydrogen-bond donors (Lipinski definition) is 2. The van der Waals surface area contributed by atoms with Gasteiger partial charge < -0.3 is 10.2 Å². The Morgan fingerprint density at radius 2 is 1.93 bits per heavy atom. The van der Waals surface area contributed by atoms with E-state index in [9.17, 15) is 15.0 Å². The van der Waals surface area contributed by atoms with E-state index in [1.54, 1.807) is 6.20 Å². The number of aromatic nitrogens is 4. The van der Waals surface area contributed by atoms with Crippen LogP contribution in [0, 0.1) is 28.6 Å². The number of rotatable bonds is 5. The van der Waals surface area contributed by atoms with E-state index in [0.29, 0.717) is 12.8 Å². The molecule has 0 radical (unpaired) electrons. The van der Waals surface area contributed by atoms with Gasteiger partial charge in [0.25, 0.3) is 0 Å². The van der Waals surface area contributed by atoms with Gasteiger partial charge in [-0.05, 0) is 97.6 Å². The first-order chi connectivity index (χ1) is 21.2. The first kappa shape index (κ1) is 28.2. The number of hydrogen-bond acceptors (Lipinski definition) is 7. The summed E-state index contributed by atoms with van der Waals surface area (Å²) in [6, 6.07) is 17.8. The number of aliphatic hydroxyl groups excluding tert-OH is 1. The number of benzene rings is 1. The molecule has 3 aromatic heterocycles. The fourth-order valence-corrected chi connectivity index (χ4v) is 10.5. The van der Waals surface area contributed by atoms with Crippen LogP contribution in [0.15, 0.2) is 77.6 Å². The molecule has 4 aliphatic rings. The second-order valence-corrected chi connectivity index (χ2v) is 14.9. The number of pyridine rings is 2. The average molecular weight is 607 g/mol. The molecule has 0 amide bonds. The summed E-state index contributed by atoms with van der Waals surface area (Å²) in [5.41, 5.74) is 2.23. The van der Waals surface area contributed by atoms with Crippen molar-refractivity contribution in [1.29, 1.82) is 0 Å². The lowest BCUT2D eigenvalue weighted by atomic mass is 9.45. The van der Waals surface area contributed by atoms with Gasteiger partial charge in [0.2, 0.25) is 0 Å². The van der Waals surface area contributed by atoms with Crippen molar-refractivity contribution in [3.05, 3.63) is 83.8 Å². The van der Waals surface area contributed by atoms with E-state index in [0.717, 1.165) is 53.1 Å². The monoisotopic (exact) mass is 606 g/mol. The highest BCUT2D eigenvalue weighted by Gasteiger charge is 2.68. The van der Waals surface area contributed by atoms with Gasteiger partial charge in [-0.3, -0.25) is 4.79 Å². The lowest BCUT2D eigenvalue weighted by Crippen LogP contribution is -2.62. The third-order valence-corrected chi connectivity index (χ3v) is 12.8. The summed E-state index contributed by atoms with van der Waals surface area (Å²) in [5, 5.41) is 30.7. The Hall–Kier alpha value is -3.33. The summed E-state index contributed by atoms with van der Waals surface area (Å²) in [6.07, 6.45) is 9.86. The van der Waals surface area contributed by atoms with Crippen molar-refractivity contribution < 1.29 is 15.0 Å². The fraction of sp³-hybridized carbons (Fsp3) is 0.444. The standard InChI is InChI=1S/C36H38N4O3S/c1-34-18-23-20-38-40(31-9-5-6-16-37-31)28(23)17-24(34)11-12-25-26-14-15-36(43,35(26,2)19-29(41)33(25)34)30(42)21-44-32-13-10-22-7-3-4-8-27(22)39-32/h3-10,13,16-17,20,25-26,29,33,41,43H,11-12,14-15,18-19,21H2,1-2H3/t25?,26?,29?,33?,34?,35?,36-/m0/s1. The maximum Gasteiger partial charge on any atom is 0.175 e. The number of fused-ring (bicyclic) bond motifs is 7. The van der Waals surface area contributed by atoms with Crippen LogP contribution >= 0.6 is 11.8 Å². The van der Waals surface area contributed by atoms with Crippen LogP contribution < -0.4 is 0 Å². The Labute approximate surface area is 261 Å². The Bertz CT molecular complexity index is 1810. The van der Waals surface area contributed by atoms with Gasteiger partial charge in [-0.2, -0.15) is 5.10 Å². The van der Waals surface area contributed by atoms with E-state index < -0.39 is 17.1 Å². The number of carbonyl (C=O) groups is 1. The number of nitrogens with zero attached hydrogens (tertiary/aromatic N) is 4. The summed E-state index contributed by atoms with van der Waals surface area (Å²) in [6.45, 7) is 4.40. The SMILES string of the molecule is CC12Cc3cnn(-c4ccccn4)c3C=C1CCC1C2C(O)CC2(C)C1CC[C@]2(O)C(=O)CSc1ccc2ccccc2n1. The number of Topliss-reactive ketones (excluding diaryl/α,β-unsaturated/α-hetero) is 1. The summed E-state index contributed by atoms with van der Waals surface area (Å²) in [4.78, 5) is 23.1. The highest BCUT2D eigenvalue weighted by molar-refractivity contribution is 7.99. The normalized spacial score (nSPS) is 34.0. The molecule has 0 spiro atoms. The summed E-state index contributed by atoms with van der Waals surface area (Å²) in [7, 11) is 0. The largest absolute Gasteiger partial charge is 0.393 e. The molecule has 8 heteroatoms. The predicted molar refractivity (Wildman–Crippen MR) is 171 cm³/mol. The van der Waals surface area contributed by atoms with Crippen molar-refractivity contribution in [1.82, 2.24) is 19.7 Å². The molecule has 7 nitrogen and oxygen atoms in total. The van der Waals surface area contributed by atoms with Gasteiger partial charge >= 0.3 is 0 Å². The lowest BCUT2D eigenvalue weighted by Gasteiger charge is -2.60. The quantitative estimate of drug-likeness (QED) is 0.266. The molecular weight excluding hydrogens is 568 g/mol.